The second-order valence-electron chi connectivity index (χ2n) is 10.2. The van der Waals surface area contributed by atoms with Crippen molar-refractivity contribution in [1.82, 2.24) is 24.9 Å². The Morgan fingerprint density at radius 2 is 1.89 bits per heavy atom. The summed E-state index contributed by atoms with van der Waals surface area (Å²) in [5, 5.41) is 8.62. The van der Waals surface area contributed by atoms with Crippen LogP contribution >= 0.6 is 0 Å². The molecular formula is C25H30F3N7. The molecule has 0 amide bonds. The Hall–Kier alpha value is -2.88. The third-order valence-electron chi connectivity index (χ3n) is 8.03. The standard InChI is InChI=1S/C25H30F3N7/c1-33-11-2-4-18-21(33)23(34-12-7-24(8-13-34)6-3-9-29-16-24)32-35-19(15-31-22(18)35)17-5-10-30-20(14-17)25(26,27)28/h5,10,14-15,29H,2-4,6-9,11-13,16H2,1H3. The molecule has 3 aliphatic rings. The Bertz CT molecular complexity index is 1240. The maximum absolute atomic E-state index is 13.3. The van der Waals surface area contributed by atoms with Crippen LogP contribution in [0.15, 0.2) is 24.5 Å². The van der Waals surface area contributed by atoms with Crippen LogP contribution in [0.1, 0.15) is 43.4 Å². The molecule has 3 aliphatic heterocycles. The minimum absolute atomic E-state index is 0.371. The van der Waals surface area contributed by atoms with E-state index in [4.69, 9.17) is 5.10 Å². The number of piperidine rings is 2. The second-order valence-corrected chi connectivity index (χ2v) is 10.2. The highest BCUT2D eigenvalue weighted by Crippen LogP contribution is 2.43. The molecule has 6 rings (SSSR count). The van der Waals surface area contributed by atoms with E-state index in [0.29, 0.717) is 16.7 Å². The number of aromatic nitrogens is 4. The second kappa shape index (κ2) is 8.36. The van der Waals surface area contributed by atoms with Gasteiger partial charge in [-0.2, -0.15) is 13.2 Å². The number of halogens is 3. The number of fused-ring (bicyclic) bond motifs is 3. The van der Waals surface area contributed by atoms with Crippen molar-refractivity contribution < 1.29 is 13.2 Å². The summed E-state index contributed by atoms with van der Waals surface area (Å²) in [6.07, 6.45) is 4.95. The van der Waals surface area contributed by atoms with E-state index >= 15 is 0 Å². The lowest BCUT2D eigenvalue weighted by molar-refractivity contribution is -0.141. The van der Waals surface area contributed by atoms with Gasteiger partial charge in [0.05, 0.1) is 17.6 Å². The van der Waals surface area contributed by atoms with Gasteiger partial charge in [0, 0.05) is 50.6 Å². The van der Waals surface area contributed by atoms with Gasteiger partial charge in [-0.15, -0.1) is 5.10 Å². The number of nitrogens with one attached hydrogen (secondary N) is 1. The molecule has 35 heavy (non-hydrogen) atoms. The van der Waals surface area contributed by atoms with Crippen LogP contribution in [-0.2, 0) is 12.6 Å². The van der Waals surface area contributed by atoms with Crippen LogP contribution in [0, 0.1) is 5.41 Å². The van der Waals surface area contributed by atoms with Crippen molar-refractivity contribution in [1.29, 1.82) is 0 Å². The monoisotopic (exact) mass is 485 g/mol. The van der Waals surface area contributed by atoms with E-state index < -0.39 is 11.9 Å². The molecule has 1 N–H and O–H groups in total. The Kier molecular flexibility index (Phi) is 5.39. The highest BCUT2D eigenvalue weighted by atomic mass is 19.4. The average Bonchev–Trinajstić information content (AvgIpc) is 3.29. The minimum Gasteiger partial charge on any atom is -0.371 e. The van der Waals surface area contributed by atoms with Gasteiger partial charge in [-0.25, -0.2) is 9.50 Å². The predicted octanol–water partition coefficient (Wildman–Crippen LogP) is 4.16. The lowest BCUT2D eigenvalue weighted by Gasteiger charge is -2.45. The molecule has 7 nitrogen and oxygen atoms in total. The van der Waals surface area contributed by atoms with Gasteiger partial charge in [0.25, 0.3) is 0 Å². The zero-order valence-electron chi connectivity index (χ0n) is 19.9. The van der Waals surface area contributed by atoms with Gasteiger partial charge in [-0.3, -0.25) is 4.98 Å². The van der Waals surface area contributed by atoms with Gasteiger partial charge in [0.1, 0.15) is 5.69 Å². The normalized spacial score (nSPS) is 20.5. The molecular weight excluding hydrogens is 455 g/mol. The Morgan fingerprint density at radius 1 is 1.06 bits per heavy atom. The molecule has 0 unspecified atom stereocenters. The van der Waals surface area contributed by atoms with Crippen molar-refractivity contribution in [2.45, 2.75) is 44.7 Å². The van der Waals surface area contributed by atoms with Gasteiger partial charge >= 0.3 is 6.18 Å². The fourth-order valence-corrected chi connectivity index (χ4v) is 6.08. The van der Waals surface area contributed by atoms with Crippen LogP contribution in [0.25, 0.3) is 16.9 Å². The number of anilines is 2. The summed E-state index contributed by atoms with van der Waals surface area (Å²) in [6, 6.07) is 2.67. The molecule has 0 atom stereocenters. The molecule has 2 fully saturated rings. The lowest BCUT2D eigenvalue weighted by Crippen LogP contribution is -2.48. The number of imidazole rings is 1. The van der Waals surface area contributed by atoms with Crippen molar-refractivity contribution in [3.8, 4) is 11.3 Å². The summed E-state index contributed by atoms with van der Waals surface area (Å²) in [6.45, 7) is 5.00. The number of nitrogens with zero attached hydrogens (tertiary/aromatic N) is 6. The topological polar surface area (TPSA) is 61.6 Å². The summed E-state index contributed by atoms with van der Waals surface area (Å²) in [7, 11) is 2.10. The van der Waals surface area contributed by atoms with E-state index in [0.717, 1.165) is 87.2 Å². The first-order valence-corrected chi connectivity index (χ1v) is 12.5. The van der Waals surface area contributed by atoms with E-state index in [1.807, 2.05) is 0 Å². The molecule has 2 saturated heterocycles. The van der Waals surface area contributed by atoms with E-state index in [2.05, 4.69) is 32.1 Å². The summed E-state index contributed by atoms with van der Waals surface area (Å²) >= 11 is 0. The highest BCUT2D eigenvalue weighted by Gasteiger charge is 2.38. The number of alkyl halides is 3. The molecule has 0 aliphatic carbocycles. The van der Waals surface area contributed by atoms with Crippen LogP contribution < -0.4 is 15.1 Å². The first-order chi connectivity index (χ1) is 16.8. The summed E-state index contributed by atoms with van der Waals surface area (Å²) < 4.78 is 41.7. The third-order valence-corrected chi connectivity index (χ3v) is 8.03. The molecule has 0 saturated carbocycles. The van der Waals surface area contributed by atoms with Crippen molar-refractivity contribution in [3.63, 3.8) is 0 Å². The zero-order valence-corrected chi connectivity index (χ0v) is 19.9. The van der Waals surface area contributed by atoms with E-state index in [1.165, 1.54) is 19.0 Å². The number of pyridine rings is 1. The molecule has 6 heterocycles. The van der Waals surface area contributed by atoms with Gasteiger partial charge in [0.2, 0.25) is 0 Å². The van der Waals surface area contributed by atoms with Crippen molar-refractivity contribution in [3.05, 3.63) is 35.8 Å². The molecule has 186 valence electrons. The average molecular weight is 486 g/mol. The maximum atomic E-state index is 13.3. The van der Waals surface area contributed by atoms with Crippen molar-refractivity contribution >= 4 is 17.2 Å². The fourth-order valence-electron chi connectivity index (χ4n) is 6.08. The first kappa shape index (κ1) is 22.6. The van der Waals surface area contributed by atoms with Crippen LogP contribution in [0.5, 0.6) is 0 Å². The summed E-state index contributed by atoms with van der Waals surface area (Å²) in [4.78, 5) is 12.8. The van der Waals surface area contributed by atoms with Gasteiger partial charge < -0.3 is 15.1 Å². The van der Waals surface area contributed by atoms with Gasteiger partial charge in [-0.05, 0) is 62.6 Å². The molecule has 0 aromatic carbocycles. The van der Waals surface area contributed by atoms with Crippen molar-refractivity contribution in [2.75, 3.05) is 49.6 Å². The van der Waals surface area contributed by atoms with Crippen LogP contribution in [0.4, 0.5) is 24.7 Å². The number of hydrogen-bond donors (Lipinski definition) is 1. The van der Waals surface area contributed by atoms with E-state index in [9.17, 15) is 13.2 Å². The minimum atomic E-state index is -4.51. The predicted molar refractivity (Wildman–Crippen MR) is 129 cm³/mol. The number of aryl methyl sites for hydroxylation is 1. The SMILES string of the molecule is CN1CCCc2c1c(N1CCC3(CCCNC3)CC1)nn1c(-c3ccnc(C(F)(F)F)c3)cnc21. The Balaban J connectivity index is 1.44. The Labute approximate surface area is 202 Å². The molecule has 0 bridgehead atoms. The van der Waals surface area contributed by atoms with E-state index in [-0.39, 0.29) is 0 Å². The molecule has 1 spiro atoms. The van der Waals surface area contributed by atoms with E-state index in [1.54, 1.807) is 16.8 Å². The third kappa shape index (κ3) is 3.91. The summed E-state index contributed by atoms with van der Waals surface area (Å²) in [5.74, 6) is 0.915. The smallest absolute Gasteiger partial charge is 0.371 e. The number of hydrogen-bond acceptors (Lipinski definition) is 6. The first-order valence-electron chi connectivity index (χ1n) is 12.5. The van der Waals surface area contributed by atoms with Crippen LogP contribution in [0.2, 0.25) is 0 Å². The highest BCUT2D eigenvalue weighted by molar-refractivity contribution is 5.79. The Morgan fingerprint density at radius 3 is 2.63 bits per heavy atom. The maximum Gasteiger partial charge on any atom is 0.433 e. The lowest BCUT2D eigenvalue weighted by atomic mass is 9.73. The molecule has 0 radical (unpaired) electrons. The quantitative estimate of drug-likeness (QED) is 0.588. The number of rotatable bonds is 2. The van der Waals surface area contributed by atoms with Crippen molar-refractivity contribution in [2.24, 2.45) is 5.41 Å². The fraction of sp³-hybridized carbons (Fsp3) is 0.560. The van der Waals surface area contributed by atoms with Gasteiger partial charge in [-0.1, -0.05) is 0 Å². The van der Waals surface area contributed by atoms with Gasteiger partial charge in [0.15, 0.2) is 11.5 Å². The van der Waals surface area contributed by atoms with Crippen LogP contribution in [-0.4, -0.2) is 59.4 Å². The molecule has 3 aromatic rings. The van der Waals surface area contributed by atoms with Crippen LogP contribution in [0.3, 0.4) is 0 Å². The summed E-state index contributed by atoms with van der Waals surface area (Å²) in [5.41, 5.74) is 3.38. The molecule has 10 heteroatoms. The largest absolute Gasteiger partial charge is 0.433 e. The zero-order chi connectivity index (χ0) is 24.2. The molecule has 3 aromatic heterocycles.